The molecule has 160 valence electrons. The van der Waals surface area contributed by atoms with Gasteiger partial charge in [0.2, 0.25) is 0 Å². The van der Waals surface area contributed by atoms with Crippen LogP contribution < -0.4 is 20.8 Å². The Morgan fingerprint density at radius 2 is 2.06 bits per heavy atom. The SMILES string of the molecule is C=c1c(-c2nc3c(N4CCCCC4)cccc3[nH]2)n[nH]/c1=C/C=C(\C)C1=CCNCC1. The highest BCUT2D eigenvalue weighted by molar-refractivity contribution is 5.90. The number of aromatic amines is 2. The van der Waals surface area contributed by atoms with Crippen molar-refractivity contribution in [2.75, 3.05) is 31.1 Å². The van der Waals surface area contributed by atoms with Crippen LogP contribution in [0.2, 0.25) is 0 Å². The number of hydrogen-bond donors (Lipinski definition) is 3. The summed E-state index contributed by atoms with van der Waals surface area (Å²) in [5, 5.41) is 12.8. The Morgan fingerprint density at radius 1 is 1.19 bits per heavy atom. The molecule has 6 heteroatoms. The fourth-order valence-electron chi connectivity index (χ4n) is 4.53. The Labute approximate surface area is 182 Å². The molecule has 0 atom stereocenters. The van der Waals surface area contributed by atoms with Crippen LogP contribution >= 0.6 is 0 Å². The maximum absolute atomic E-state index is 4.94. The molecule has 3 N–H and O–H groups in total. The van der Waals surface area contributed by atoms with Crippen molar-refractivity contribution in [3.05, 3.63) is 52.1 Å². The van der Waals surface area contributed by atoms with E-state index in [2.05, 4.69) is 75.3 Å². The summed E-state index contributed by atoms with van der Waals surface area (Å²) < 4.78 is 0. The summed E-state index contributed by atoms with van der Waals surface area (Å²) >= 11 is 0. The molecule has 0 unspecified atom stereocenters. The number of allylic oxidation sites excluding steroid dienone is 2. The van der Waals surface area contributed by atoms with Crippen LogP contribution in [0.5, 0.6) is 0 Å². The second kappa shape index (κ2) is 8.55. The summed E-state index contributed by atoms with van der Waals surface area (Å²) in [6.07, 6.45) is 11.4. The van der Waals surface area contributed by atoms with E-state index < -0.39 is 0 Å². The zero-order valence-corrected chi connectivity index (χ0v) is 18.2. The third-order valence-electron chi connectivity index (χ3n) is 6.38. The number of imidazole rings is 1. The van der Waals surface area contributed by atoms with Crippen LogP contribution in [0.1, 0.15) is 32.6 Å². The lowest BCUT2D eigenvalue weighted by Gasteiger charge is -2.28. The number of anilines is 1. The number of piperidine rings is 1. The monoisotopic (exact) mass is 414 g/mol. The lowest BCUT2D eigenvalue weighted by molar-refractivity contribution is 0.579. The van der Waals surface area contributed by atoms with Gasteiger partial charge in [-0.05, 0) is 68.5 Å². The summed E-state index contributed by atoms with van der Waals surface area (Å²) in [6, 6.07) is 6.36. The van der Waals surface area contributed by atoms with Gasteiger partial charge in [-0.2, -0.15) is 5.10 Å². The van der Waals surface area contributed by atoms with Crippen LogP contribution in [0, 0.1) is 0 Å². The first-order valence-corrected chi connectivity index (χ1v) is 11.3. The second-order valence-corrected chi connectivity index (χ2v) is 8.47. The summed E-state index contributed by atoms with van der Waals surface area (Å²) in [4.78, 5) is 10.8. The molecule has 3 aromatic rings. The Hall–Kier alpha value is -3.12. The van der Waals surface area contributed by atoms with Gasteiger partial charge in [0.15, 0.2) is 5.82 Å². The van der Waals surface area contributed by atoms with Gasteiger partial charge in [0.1, 0.15) is 11.2 Å². The first-order valence-electron chi connectivity index (χ1n) is 11.3. The molecule has 31 heavy (non-hydrogen) atoms. The molecule has 4 heterocycles. The number of fused-ring (bicyclic) bond motifs is 1. The quantitative estimate of drug-likeness (QED) is 0.614. The number of rotatable bonds is 4. The minimum atomic E-state index is 0.766. The molecule has 0 amide bonds. The third kappa shape index (κ3) is 3.95. The maximum atomic E-state index is 4.94. The van der Waals surface area contributed by atoms with Crippen LogP contribution in [0.3, 0.4) is 0 Å². The highest BCUT2D eigenvalue weighted by Crippen LogP contribution is 2.29. The normalized spacial score (nSPS) is 18.6. The average molecular weight is 415 g/mol. The van der Waals surface area contributed by atoms with Crippen molar-refractivity contribution in [1.82, 2.24) is 25.5 Å². The Balaban J connectivity index is 1.48. The van der Waals surface area contributed by atoms with E-state index in [-0.39, 0.29) is 0 Å². The van der Waals surface area contributed by atoms with Gasteiger partial charge in [-0.25, -0.2) is 4.98 Å². The number of nitrogens with zero attached hydrogens (tertiary/aromatic N) is 3. The fourth-order valence-corrected chi connectivity index (χ4v) is 4.53. The second-order valence-electron chi connectivity index (χ2n) is 8.47. The first kappa shape index (κ1) is 19.8. The molecule has 2 aliphatic rings. The molecule has 0 aliphatic carbocycles. The number of hydrogen-bond acceptors (Lipinski definition) is 4. The lowest BCUT2D eigenvalue weighted by atomic mass is 10.0. The molecule has 6 nitrogen and oxygen atoms in total. The van der Waals surface area contributed by atoms with E-state index in [1.54, 1.807) is 0 Å². The number of benzene rings is 1. The predicted octanol–water partition coefficient (Wildman–Crippen LogP) is 3.00. The number of H-pyrrole nitrogens is 2. The highest BCUT2D eigenvalue weighted by atomic mass is 15.2. The van der Waals surface area contributed by atoms with Gasteiger partial charge in [0, 0.05) is 24.9 Å². The Morgan fingerprint density at radius 3 is 2.87 bits per heavy atom. The molecule has 0 bridgehead atoms. The largest absolute Gasteiger partial charge is 0.370 e. The summed E-state index contributed by atoms with van der Waals surface area (Å²) in [5.41, 5.74) is 6.73. The van der Waals surface area contributed by atoms with Crippen molar-refractivity contribution < 1.29 is 0 Å². The van der Waals surface area contributed by atoms with Gasteiger partial charge in [-0.1, -0.05) is 24.8 Å². The van der Waals surface area contributed by atoms with Crippen LogP contribution in [-0.2, 0) is 0 Å². The average Bonchev–Trinajstić information content (AvgIpc) is 3.41. The van der Waals surface area contributed by atoms with Gasteiger partial charge in [0.25, 0.3) is 0 Å². The maximum Gasteiger partial charge on any atom is 0.159 e. The highest BCUT2D eigenvalue weighted by Gasteiger charge is 2.17. The number of nitrogens with one attached hydrogen (secondary N) is 3. The van der Waals surface area contributed by atoms with Crippen molar-refractivity contribution in [1.29, 1.82) is 0 Å². The van der Waals surface area contributed by atoms with Crippen LogP contribution in [0.4, 0.5) is 5.69 Å². The van der Waals surface area contributed by atoms with Gasteiger partial charge < -0.3 is 15.2 Å². The fraction of sp³-hybridized carbons (Fsp3) is 0.360. The summed E-state index contributed by atoms with van der Waals surface area (Å²) in [6.45, 7) is 10.6. The van der Waals surface area contributed by atoms with E-state index in [1.807, 2.05) is 0 Å². The van der Waals surface area contributed by atoms with Crippen LogP contribution in [0.15, 0.2) is 41.5 Å². The molecular formula is C25H30N6. The lowest BCUT2D eigenvalue weighted by Crippen LogP contribution is -2.29. The standard InChI is InChI=1S/C25H30N6/c1-17(19-11-13-26-14-12-19)9-10-20-18(2)23(30-29-20)25-27-21-7-6-8-22(24(21)28-25)31-15-4-3-5-16-31/h6-11,26,29H,2-5,12-16H2,1H3,(H,27,28)/b17-9+,20-10+. The molecule has 0 saturated carbocycles. The van der Waals surface area contributed by atoms with Crippen LogP contribution in [0.25, 0.3) is 35.2 Å². The Kier molecular flexibility index (Phi) is 5.47. The van der Waals surface area contributed by atoms with Gasteiger partial charge in [-0.15, -0.1) is 0 Å². The topological polar surface area (TPSA) is 72.6 Å². The van der Waals surface area contributed by atoms with E-state index >= 15 is 0 Å². The van der Waals surface area contributed by atoms with E-state index in [4.69, 9.17) is 4.98 Å². The first-order chi connectivity index (χ1) is 15.2. The molecule has 2 aliphatic heterocycles. The van der Waals surface area contributed by atoms with Gasteiger partial charge in [0.05, 0.1) is 16.6 Å². The Bertz CT molecular complexity index is 1250. The molecule has 0 spiro atoms. The van der Waals surface area contributed by atoms with E-state index in [0.29, 0.717) is 0 Å². The van der Waals surface area contributed by atoms with Crippen molar-refractivity contribution in [2.24, 2.45) is 0 Å². The minimum absolute atomic E-state index is 0.766. The minimum Gasteiger partial charge on any atom is -0.370 e. The van der Waals surface area contributed by atoms with Crippen molar-refractivity contribution in [3.63, 3.8) is 0 Å². The molecule has 5 rings (SSSR count). The molecular weight excluding hydrogens is 384 g/mol. The molecule has 0 radical (unpaired) electrons. The smallest absolute Gasteiger partial charge is 0.159 e. The van der Waals surface area contributed by atoms with E-state index in [9.17, 15) is 0 Å². The van der Waals surface area contributed by atoms with Gasteiger partial charge >= 0.3 is 0 Å². The van der Waals surface area contributed by atoms with Crippen LogP contribution in [-0.4, -0.2) is 46.3 Å². The summed E-state index contributed by atoms with van der Waals surface area (Å²) in [7, 11) is 0. The van der Waals surface area contributed by atoms with Crippen molar-refractivity contribution in [3.8, 4) is 11.5 Å². The zero-order valence-electron chi connectivity index (χ0n) is 18.2. The predicted molar refractivity (Wildman–Crippen MR) is 128 cm³/mol. The van der Waals surface area contributed by atoms with Crippen molar-refractivity contribution >= 4 is 29.4 Å². The number of aromatic nitrogens is 4. The summed E-state index contributed by atoms with van der Waals surface area (Å²) in [5.74, 6) is 0.766. The number of para-hydroxylation sites is 1. The molecule has 2 aromatic heterocycles. The zero-order chi connectivity index (χ0) is 21.2. The van der Waals surface area contributed by atoms with Crippen molar-refractivity contribution in [2.45, 2.75) is 32.6 Å². The third-order valence-corrected chi connectivity index (χ3v) is 6.38. The van der Waals surface area contributed by atoms with E-state index in [1.165, 1.54) is 36.1 Å². The molecule has 1 saturated heterocycles. The molecule has 1 fully saturated rings. The van der Waals surface area contributed by atoms with Gasteiger partial charge in [-0.3, -0.25) is 5.10 Å². The molecule has 1 aromatic carbocycles. The van der Waals surface area contributed by atoms with E-state index in [0.717, 1.165) is 65.7 Å².